The molecule has 5 nitrogen and oxygen atoms in total. The van der Waals surface area contributed by atoms with Crippen molar-refractivity contribution in [2.45, 2.75) is 13.0 Å². The van der Waals surface area contributed by atoms with Crippen LogP contribution in [-0.4, -0.2) is 34.2 Å². The van der Waals surface area contributed by atoms with Crippen LogP contribution < -0.4 is 4.74 Å². The van der Waals surface area contributed by atoms with Crippen LogP contribution in [0.2, 0.25) is 0 Å². The summed E-state index contributed by atoms with van der Waals surface area (Å²) >= 11 is 0. The third-order valence-corrected chi connectivity index (χ3v) is 5.15. The lowest BCUT2D eigenvalue weighted by Crippen LogP contribution is -2.36. The highest BCUT2D eigenvalue weighted by Crippen LogP contribution is 2.32. The van der Waals surface area contributed by atoms with Crippen molar-refractivity contribution in [1.29, 1.82) is 0 Å². The lowest BCUT2D eigenvalue weighted by atomic mass is 9.99. The summed E-state index contributed by atoms with van der Waals surface area (Å²) in [6, 6.07) is 5.83. The molecule has 0 atom stereocenters. The highest BCUT2D eigenvalue weighted by molar-refractivity contribution is 5.94. The van der Waals surface area contributed by atoms with Crippen molar-refractivity contribution < 1.29 is 27.1 Å². The zero-order chi connectivity index (χ0) is 21.6. The molecule has 0 N–H and O–H groups in total. The topological polar surface area (TPSA) is 47.4 Å². The van der Waals surface area contributed by atoms with Crippen LogP contribution in [-0.2, 0) is 20.0 Å². The summed E-state index contributed by atoms with van der Waals surface area (Å²) < 4.78 is 61.4. The van der Waals surface area contributed by atoms with Crippen LogP contribution in [0.25, 0.3) is 11.3 Å². The SMILES string of the molecule is COc1ccc(C(=O)N2CCc3c(nn(C)c3-c3cc(F)c(F)c(F)c3)C2)c(F)c1. The average Bonchev–Trinajstić information content (AvgIpc) is 3.05. The van der Waals surface area contributed by atoms with Gasteiger partial charge in [-0.05, 0) is 30.7 Å². The Hall–Kier alpha value is -3.36. The van der Waals surface area contributed by atoms with Crippen LogP contribution in [0.4, 0.5) is 17.6 Å². The Balaban J connectivity index is 1.65. The maximum atomic E-state index is 14.3. The van der Waals surface area contributed by atoms with Crippen LogP contribution >= 0.6 is 0 Å². The number of methoxy groups -OCH3 is 1. The van der Waals surface area contributed by atoms with Gasteiger partial charge in [-0.3, -0.25) is 9.48 Å². The number of hydrogen-bond donors (Lipinski definition) is 0. The molecule has 0 spiro atoms. The number of fused-ring (bicyclic) bond motifs is 1. The predicted octanol–water partition coefficient (Wildman–Crippen LogP) is 3.85. The first kappa shape index (κ1) is 19.9. The van der Waals surface area contributed by atoms with Gasteiger partial charge in [-0.1, -0.05) is 0 Å². The van der Waals surface area contributed by atoms with Crippen molar-refractivity contribution in [2.24, 2.45) is 7.05 Å². The fraction of sp³-hybridized carbons (Fsp3) is 0.238. The van der Waals surface area contributed by atoms with Crippen molar-refractivity contribution in [1.82, 2.24) is 14.7 Å². The molecule has 1 aromatic heterocycles. The average molecular weight is 419 g/mol. The van der Waals surface area contributed by atoms with E-state index < -0.39 is 29.2 Å². The van der Waals surface area contributed by atoms with Gasteiger partial charge < -0.3 is 9.64 Å². The van der Waals surface area contributed by atoms with E-state index in [-0.39, 0.29) is 24.2 Å². The Morgan fingerprint density at radius 1 is 1.07 bits per heavy atom. The van der Waals surface area contributed by atoms with Crippen LogP contribution in [0.15, 0.2) is 30.3 Å². The fourth-order valence-electron chi connectivity index (χ4n) is 3.71. The van der Waals surface area contributed by atoms with Crippen LogP contribution in [0, 0.1) is 23.3 Å². The molecule has 2 aromatic carbocycles. The molecule has 3 aromatic rings. The zero-order valence-corrected chi connectivity index (χ0v) is 16.2. The van der Waals surface area contributed by atoms with Gasteiger partial charge in [0.05, 0.1) is 30.6 Å². The Kier molecular flexibility index (Phi) is 4.97. The Morgan fingerprint density at radius 3 is 2.40 bits per heavy atom. The molecule has 0 fully saturated rings. The first-order valence-electron chi connectivity index (χ1n) is 9.12. The Bertz CT molecular complexity index is 1140. The van der Waals surface area contributed by atoms with E-state index in [0.29, 0.717) is 29.1 Å². The molecule has 0 aliphatic carbocycles. The number of amides is 1. The summed E-state index contributed by atoms with van der Waals surface area (Å²) in [6.07, 6.45) is 0.350. The quantitative estimate of drug-likeness (QED) is 0.479. The van der Waals surface area contributed by atoms with E-state index in [4.69, 9.17) is 4.74 Å². The normalized spacial score (nSPS) is 13.3. The maximum Gasteiger partial charge on any atom is 0.257 e. The van der Waals surface area contributed by atoms with E-state index >= 15 is 0 Å². The highest BCUT2D eigenvalue weighted by atomic mass is 19.2. The number of ether oxygens (including phenoxy) is 1. The molecule has 30 heavy (non-hydrogen) atoms. The van der Waals surface area contributed by atoms with Crippen molar-refractivity contribution in [3.63, 3.8) is 0 Å². The van der Waals surface area contributed by atoms with E-state index in [1.54, 1.807) is 7.05 Å². The number of nitrogens with zero attached hydrogens (tertiary/aromatic N) is 3. The number of rotatable bonds is 3. The van der Waals surface area contributed by atoms with Gasteiger partial charge in [-0.2, -0.15) is 5.10 Å². The first-order valence-corrected chi connectivity index (χ1v) is 9.12. The highest BCUT2D eigenvalue weighted by Gasteiger charge is 2.29. The van der Waals surface area contributed by atoms with E-state index in [0.717, 1.165) is 18.2 Å². The molecule has 0 saturated heterocycles. The van der Waals surface area contributed by atoms with Gasteiger partial charge in [0.25, 0.3) is 5.91 Å². The molecule has 0 saturated carbocycles. The third kappa shape index (κ3) is 3.30. The summed E-state index contributed by atoms with van der Waals surface area (Å²) in [7, 11) is 3.00. The Labute approximate surface area is 169 Å². The fourth-order valence-corrected chi connectivity index (χ4v) is 3.71. The third-order valence-electron chi connectivity index (χ3n) is 5.15. The minimum atomic E-state index is -1.53. The standard InChI is InChI=1S/C21H17F4N3O2/c1-27-20(11-7-16(23)19(25)17(24)8-11)14-5-6-28(10-18(14)26-27)21(29)13-4-3-12(30-2)9-15(13)22/h3-4,7-9H,5-6,10H2,1-2H3. The van der Waals surface area contributed by atoms with Gasteiger partial charge in [0, 0.05) is 30.8 Å². The lowest BCUT2D eigenvalue weighted by molar-refractivity contribution is 0.0727. The molecule has 0 unspecified atom stereocenters. The summed E-state index contributed by atoms with van der Waals surface area (Å²) in [4.78, 5) is 14.2. The number of benzene rings is 2. The van der Waals surface area contributed by atoms with E-state index in [1.807, 2.05) is 0 Å². The van der Waals surface area contributed by atoms with Crippen molar-refractivity contribution in [2.75, 3.05) is 13.7 Å². The molecule has 156 valence electrons. The van der Waals surface area contributed by atoms with Gasteiger partial charge in [-0.25, -0.2) is 17.6 Å². The van der Waals surface area contributed by atoms with Crippen LogP contribution in [0.5, 0.6) is 5.75 Å². The molecular weight excluding hydrogens is 402 g/mol. The summed E-state index contributed by atoms with van der Waals surface area (Å²) in [5.41, 5.74) is 1.76. The molecule has 1 aliphatic heterocycles. The molecule has 1 amide bonds. The number of aryl methyl sites for hydroxylation is 1. The monoisotopic (exact) mass is 419 g/mol. The smallest absolute Gasteiger partial charge is 0.257 e. The van der Waals surface area contributed by atoms with Crippen molar-refractivity contribution >= 4 is 5.91 Å². The summed E-state index contributed by atoms with van der Waals surface area (Å²) in [5, 5.41) is 4.36. The zero-order valence-electron chi connectivity index (χ0n) is 16.2. The van der Waals surface area contributed by atoms with Crippen LogP contribution in [0.3, 0.4) is 0 Å². The van der Waals surface area contributed by atoms with Gasteiger partial charge >= 0.3 is 0 Å². The number of hydrogen-bond acceptors (Lipinski definition) is 3. The molecule has 0 radical (unpaired) electrons. The van der Waals surface area contributed by atoms with E-state index in [2.05, 4.69) is 5.10 Å². The summed E-state index contributed by atoms with van der Waals surface area (Å²) in [6.45, 7) is 0.377. The molecule has 2 heterocycles. The Morgan fingerprint density at radius 2 is 1.77 bits per heavy atom. The molecule has 1 aliphatic rings. The van der Waals surface area contributed by atoms with Crippen molar-refractivity contribution in [3.8, 4) is 17.0 Å². The maximum absolute atomic E-state index is 14.3. The molecule has 0 bridgehead atoms. The van der Waals surface area contributed by atoms with Crippen molar-refractivity contribution in [3.05, 3.63) is 70.4 Å². The molecule has 9 heteroatoms. The number of carbonyl (C=O) groups excluding carboxylic acids is 1. The largest absolute Gasteiger partial charge is 0.497 e. The molecular formula is C21H17F4N3O2. The second-order valence-electron chi connectivity index (χ2n) is 6.97. The minimum Gasteiger partial charge on any atom is -0.497 e. The number of aromatic nitrogens is 2. The first-order chi connectivity index (χ1) is 14.3. The second-order valence-corrected chi connectivity index (χ2v) is 6.97. The van der Waals surface area contributed by atoms with Crippen LogP contribution in [0.1, 0.15) is 21.6 Å². The summed E-state index contributed by atoms with van der Waals surface area (Å²) in [5.74, 6) is -4.99. The van der Waals surface area contributed by atoms with Gasteiger partial charge in [0.1, 0.15) is 11.6 Å². The van der Waals surface area contributed by atoms with Gasteiger partial charge in [-0.15, -0.1) is 0 Å². The predicted molar refractivity (Wildman–Crippen MR) is 99.9 cm³/mol. The van der Waals surface area contributed by atoms with E-state index in [1.165, 1.54) is 28.8 Å². The van der Waals surface area contributed by atoms with Gasteiger partial charge in [0.2, 0.25) is 0 Å². The second kappa shape index (κ2) is 7.47. The molecule has 4 rings (SSSR count). The number of halogens is 4. The van der Waals surface area contributed by atoms with Gasteiger partial charge in [0.15, 0.2) is 17.5 Å². The minimum absolute atomic E-state index is 0.0851. The number of carbonyl (C=O) groups is 1. The van der Waals surface area contributed by atoms with E-state index in [9.17, 15) is 22.4 Å². The lowest BCUT2D eigenvalue weighted by Gasteiger charge is -2.27.